The van der Waals surface area contributed by atoms with E-state index in [4.69, 9.17) is 10.2 Å². The van der Waals surface area contributed by atoms with Gasteiger partial charge in [-0.3, -0.25) is 0 Å². The van der Waals surface area contributed by atoms with Gasteiger partial charge in [-0.2, -0.15) is 8.78 Å². The van der Waals surface area contributed by atoms with Gasteiger partial charge in [0.05, 0.1) is 0 Å². The number of alkyl halides is 6. The van der Waals surface area contributed by atoms with Crippen LogP contribution in [0.25, 0.3) is 0 Å². The number of aliphatic hydroxyl groups is 2. The minimum Gasteiger partial charge on any atom is -0.386 e. The highest BCUT2D eigenvalue weighted by Crippen LogP contribution is 2.25. The summed E-state index contributed by atoms with van der Waals surface area (Å²) in [6.45, 7) is 0. The maximum absolute atomic E-state index is 12.1. The van der Waals surface area contributed by atoms with Crippen LogP contribution in [0.4, 0.5) is 26.3 Å². The van der Waals surface area contributed by atoms with Crippen LogP contribution in [0, 0.1) is 0 Å². The average Bonchev–Trinajstić information content (AvgIpc) is 1.98. The van der Waals surface area contributed by atoms with Crippen molar-refractivity contribution in [2.45, 2.75) is 31.0 Å². The Morgan fingerprint density at radius 2 is 1.38 bits per heavy atom. The molecule has 0 aromatic rings. The SMILES string of the molecule is OC(C(F)C(F)F)C(F)C(O)(F)F. The van der Waals surface area contributed by atoms with Gasteiger partial charge in [-0.25, -0.2) is 17.6 Å². The quantitative estimate of drug-likeness (QED) is 0.679. The molecule has 0 saturated carbocycles. The molecule has 0 aliphatic heterocycles. The zero-order valence-corrected chi connectivity index (χ0v) is 5.97. The lowest BCUT2D eigenvalue weighted by atomic mass is 10.1. The van der Waals surface area contributed by atoms with E-state index in [2.05, 4.69) is 0 Å². The molecular formula is C5H6F6O2. The first-order chi connectivity index (χ1) is 5.68. The second-order valence-corrected chi connectivity index (χ2v) is 2.26. The monoisotopic (exact) mass is 212 g/mol. The van der Waals surface area contributed by atoms with Gasteiger partial charge in [-0.15, -0.1) is 0 Å². The van der Waals surface area contributed by atoms with Crippen molar-refractivity contribution >= 4 is 0 Å². The van der Waals surface area contributed by atoms with E-state index in [0.717, 1.165) is 0 Å². The predicted molar refractivity (Wildman–Crippen MR) is 29.0 cm³/mol. The molecule has 0 fully saturated rings. The van der Waals surface area contributed by atoms with Crippen molar-refractivity contribution in [1.82, 2.24) is 0 Å². The first kappa shape index (κ1) is 12.5. The summed E-state index contributed by atoms with van der Waals surface area (Å²) >= 11 is 0. The molecule has 0 amide bonds. The fourth-order valence-electron chi connectivity index (χ4n) is 0.516. The molecule has 2 nitrogen and oxygen atoms in total. The lowest BCUT2D eigenvalue weighted by Gasteiger charge is -2.21. The molecule has 0 rings (SSSR count). The van der Waals surface area contributed by atoms with Gasteiger partial charge in [0.2, 0.25) is 6.17 Å². The highest BCUT2D eigenvalue weighted by Gasteiger charge is 2.48. The number of aliphatic hydroxyl groups excluding tert-OH is 1. The van der Waals surface area contributed by atoms with Gasteiger partial charge in [-0.1, -0.05) is 0 Å². The molecule has 3 unspecified atom stereocenters. The largest absolute Gasteiger partial charge is 0.387 e. The van der Waals surface area contributed by atoms with Crippen molar-refractivity contribution in [3.05, 3.63) is 0 Å². The van der Waals surface area contributed by atoms with E-state index >= 15 is 0 Å². The zero-order valence-electron chi connectivity index (χ0n) is 5.97. The van der Waals surface area contributed by atoms with Crippen LogP contribution in [-0.4, -0.2) is 41.2 Å². The van der Waals surface area contributed by atoms with Gasteiger partial charge in [0.25, 0.3) is 6.43 Å². The fourth-order valence-corrected chi connectivity index (χ4v) is 0.516. The summed E-state index contributed by atoms with van der Waals surface area (Å²) < 4.78 is 70.1. The highest BCUT2D eigenvalue weighted by atomic mass is 19.3. The van der Waals surface area contributed by atoms with E-state index in [1.54, 1.807) is 0 Å². The average molecular weight is 212 g/mol. The molecule has 8 heteroatoms. The Morgan fingerprint density at radius 3 is 1.62 bits per heavy atom. The number of hydrogen-bond donors (Lipinski definition) is 2. The smallest absolute Gasteiger partial charge is 0.386 e. The standard InChI is InChI=1S/C5H6F6O2/c6-1(4(8)9)2(12)3(7)5(10,11)13/h1-4,12-13H. The summed E-state index contributed by atoms with van der Waals surface area (Å²) in [7, 11) is 0. The highest BCUT2D eigenvalue weighted by molar-refractivity contribution is 4.82. The Morgan fingerprint density at radius 1 is 1.00 bits per heavy atom. The predicted octanol–water partition coefficient (Wildman–Crippen LogP) is 0.874. The van der Waals surface area contributed by atoms with E-state index in [-0.39, 0.29) is 0 Å². The Balaban J connectivity index is 4.34. The molecule has 0 heterocycles. The topological polar surface area (TPSA) is 40.5 Å². The molecule has 0 aliphatic rings. The van der Waals surface area contributed by atoms with Crippen molar-refractivity contribution in [3.63, 3.8) is 0 Å². The summed E-state index contributed by atoms with van der Waals surface area (Å²) in [4.78, 5) is 0. The van der Waals surface area contributed by atoms with Gasteiger partial charge >= 0.3 is 6.11 Å². The van der Waals surface area contributed by atoms with Gasteiger partial charge < -0.3 is 10.2 Å². The van der Waals surface area contributed by atoms with Crippen molar-refractivity contribution in [3.8, 4) is 0 Å². The lowest BCUT2D eigenvalue weighted by molar-refractivity contribution is -0.266. The summed E-state index contributed by atoms with van der Waals surface area (Å²) in [5.41, 5.74) is 0. The van der Waals surface area contributed by atoms with Gasteiger partial charge in [0, 0.05) is 0 Å². The molecule has 0 saturated heterocycles. The summed E-state index contributed by atoms with van der Waals surface area (Å²) in [5, 5.41) is 15.8. The van der Waals surface area contributed by atoms with E-state index in [9.17, 15) is 26.3 Å². The second kappa shape index (κ2) is 4.14. The number of hydrogen-bond acceptors (Lipinski definition) is 2. The van der Waals surface area contributed by atoms with E-state index < -0.39 is 31.0 Å². The van der Waals surface area contributed by atoms with Crippen molar-refractivity contribution in [2.75, 3.05) is 0 Å². The molecule has 2 N–H and O–H groups in total. The lowest BCUT2D eigenvalue weighted by Crippen LogP contribution is -2.46. The van der Waals surface area contributed by atoms with E-state index in [1.807, 2.05) is 0 Å². The van der Waals surface area contributed by atoms with Crippen LogP contribution in [0.3, 0.4) is 0 Å². The molecule has 3 atom stereocenters. The number of rotatable bonds is 4. The van der Waals surface area contributed by atoms with E-state index in [1.165, 1.54) is 0 Å². The van der Waals surface area contributed by atoms with Crippen LogP contribution in [0.5, 0.6) is 0 Å². The molecular weight excluding hydrogens is 206 g/mol. The minimum absolute atomic E-state index is 3.26. The molecule has 0 aliphatic carbocycles. The van der Waals surface area contributed by atoms with Crippen molar-refractivity contribution in [1.29, 1.82) is 0 Å². The minimum atomic E-state index is -5.04. The molecule has 0 aromatic carbocycles. The molecule has 80 valence electrons. The molecule has 13 heavy (non-hydrogen) atoms. The maximum atomic E-state index is 12.1. The van der Waals surface area contributed by atoms with Crippen LogP contribution in [-0.2, 0) is 0 Å². The van der Waals surface area contributed by atoms with Crippen LogP contribution in [0.1, 0.15) is 0 Å². The molecule has 0 aromatic heterocycles. The van der Waals surface area contributed by atoms with Gasteiger partial charge in [-0.05, 0) is 0 Å². The molecule has 0 spiro atoms. The second-order valence-electron chi connectivity index (χ2n) is 2.26. The Hall–Kier alpha value is -0.500. The van der Waals surface area contributed by atoms with Crippen LogP contribution < -0.4 is 0 Å². The molecule has 0 radical (unpaired) electrons. The Bertz CT molecular complexity index is 158. The Kier molecular flexibility index (Phi) is 3.98. The first-order valence-corrected chi connectivity index (χ1v) is 3.02. The summed E-state index contributed by atoms with van der Waals surface area (Å²) in [6, 6.07) is 0. The Labute approximate surface area is 68.8 Å². The van der Waals surface area contributed by atoms with Crippen molar-refractivity contribution in [2.24, 2.45) is 0 Å². The molecule has 0 bridgehead atoms. The van der Waals surface area contributed by atoms with Gasteiger partial charge in [0.1, 0.15) is 6.10 Å². The van der Waals surface area contributed by atoms with Crippen LogP contribution in [0.2, 0.25) is 0 Å². The van der Waals surface area contributed by atoms with Crippen molar-refractivity contribution < 1.29 is 36.6 Å². The third-order valence-electron chi connectivity index (χ3n) is 1.20. The summed E-state index contributed by atoms with van der Waals surface area (Å²) in [6.07, 6.45) is -19.3. The normalized spacial score (nSPS) is 20.1. The van der Waals surface area contributed by atoms with Gasteiger partial charge in [0.15, 0.2) is 6.17 Å². The van der Waals surface area contributed by atoms with Crippen LogP contribution >= 0.6 is 0 Å². The third-order valence-corrected chi connectivity index (χ3v) is 1.20. The number of halogens is 6. The summed E-state index contributed by atoms with van der Waals surface area (Å²) in [5.74, 6) is 0. The zero-order chi connectivity index (χ0) is 10.8. The maximum Gasteiger partial charge on any atom is 0.387 e. The third kappa shape index (κ3) is 3.39. The fraction of sp³-hybridized carbons (Fsp3) is 1.00. The van der Waals surface area contributed by atoms with Crippen LogP contribution in [0.15, 0.2) is 0 Å². The van der Waals surface area contributed by atoms with E-state index in [0.29, 0.717) is 0 Å². The first-order valence-electron chi connectivity index (χ1n) is 3.02.